The van der Waals surface area contributed by atoms with Gasteiger partial charge >= 0.3 is 5.69 Å². The molecule has 30 heavy (non-hydrogen) atoms. The number of aromatic nitrogens is 2. The van der Waals surface area contributed by atoms with Crippen LogP contribution in [0.3, 0.4) is 0 Å². The van der Waals surface area contributed by atoms with Crippen molar-refractivity contribution >= 4 is 23.0 Å². The number of nitrogens with zero attached hydrogens (tertiary/aromatic N) is 1. The molecule has 0 saturated heterocycles. The molecule has 1 saturated carbocycles. The maximum absolute atomic E-state index is 15.4. The molecule has 4 N–H and O–H groups in total. The number of nitrogens with two attached hydrogens (primary N) is 1. The molecule has 6 nitrogen and oxygen atoms in total. The molecule has 3 aliphatic rings. The van der Waals surface area contributed by atoms with Gasteiger partial charge in [-0.05, 0) is 62.3 Å². The molecule has 2 aromatic rings. The molecule has 8 heteroatoms. The van der Waals surface area contributed by atoms with E-state index in [2.05, 4.69) is 4.98 Å². The van der Waals surface area contributed by atoms with Crippen molar-refractivity contribution in [3.8, 4) is 0 Å². The third kappa shape index (κ3) is 3.04. The van der Waals surface area contributed by atoms with Gasteiger partial charge in [0.05, 0.1) is 22.6 Å². The van der Waals surface area contributed by atoms with Crippen molar-refractivity contribution in [1.82, 2.24) is 9.55 Å². The highest BCUT2D eigenvalue weighted by atomic mass is 32.1. The fourth-order valence-electron chi connectivity index (χ4n) is 5.14. The predicted molar refractivity (Wildman–Crippen MR) is 115 cm³/mol. The number of thiophene rings is 1. The molecule has 4 unspecified atom stereocenters. The lowest BCUT2D eigenvalue weighted by Gasteiger charge is -2.26. The average Bonchev–Trinajstić information content (AvgIpc) is 3.45. The summed E-state index contributed by atoms with van der Waals surface area (Å²) in [5.41, 5.74) is 6.57. The van der Waals surface area contributed by atoms with Gasteiger partial charge in [-0.1, -0.05) is 0 Å². The van der Waals surface area contributed by atoms with Gasteiger partial charge in [0.2, 0.25) is 0 Å². The molecule has 5 rings (SSSR count). The predicted octanol–water partition coefficient (Wildman–Crippen LogP) is 0.759. The second-order valence-electron chi connectivity index (χ2n) is 8.72. The molecular formula is C22H26FN3O3S. The number of aromatic amines is 1. The summed E-state index contributed by atoms with van der Waals surface area (Å²) in [7, 11) is 0. The third-order valence-corrected chi connectivity index (χ3v) is 8.06. The van der Waals surface area contributed by atoms with Crippen LogP contribution < -0.4 is 27.6 Å². The number of alkyl halides is 1. The number of H-pyrrole nitrogens is 1. The minimum Gasteiger partial charge on any atom is -0.391 e. The highest BCUT2D eigenvalue weighted by Gasteiger charge is 2.35. The minimum absolute atomic E-state index is 0.0190. The van der Waals surface area contributed by atoms with Gasteiger partial charge in [0.15, 0.2) is 0 Å². The topological polar surface area (TPSA) is 101 Å². The molecule has 160 valence electrons. The normalized spacial score (nSPS) is 26.7. The van der Waals surface area contributed by atoms with Crippen LogP contribution in [-0.2, 0) is 6.42 Å². The lowest BCUT2D eigenvalue weighted by atomic mass is 9.82. The van der Waals surface area contributed by atoms with Crippen molar-refractivity contribution < 1.29 is 9.50 Å². The number of rotatable bonds is 4. The highest BCUT2D eigenvalue weighted by Crippen LogP contribution is 2.44. The van der Waals surface area contributed by atoms with E-state index in [1.54, 1.807) is 15.9 Å². The lowest BCUT2D eigenvalue weighted by Crippen LogP contribution is -2.57. The fraction of sp³-hybridized carbons (Fsp3) is 0.545. The lowest BCUT2D eigenvalue weighted by molar-refractivity contribution is 0.142. The Morgan fingerprint density at radius 1 is 1.37 bits per heavy atom. The summed E-state index contributed by atoms with van der Waals surface area (Å²) in [5, 5.41) is 11.2. The molecule has 0 amide bonds. The quantitative estimate of drug-likeness (QED) is 0.665. The first-order valence-corrected chi connectivity index (χ1v) is 11.4. The van der Waals surface area contributed by atoms with Crippen LogP contribution in [0.5, 0.6) is 0 Å². The summed E-state index contributed by atoms with van der Waals surface area (Å²) >= 11 is 1.59. The molecule has 3 aliphatic carbocycles. The average molecular weight is 432 g/mol. The summed E-state index contributed by atoms with van der Waals surface area (Å²) in [6, 6.07) is 2.10. The van der Waals surface area contributed by atoms with E-state index in [1.165, 1.54) is 11.0 Å². The van der Waals surface area contributed by atoms with E-state index in [-0.39, 0.29) is 23.7 Å². The van der Waals surface area contributed by atoms with E-state index < -0.39 is 29.4 Å². The number of hydrogen-bond donors (Lipinski definition) is 3. The molecule has 0 radical (unpaired) electrons. The van der Waals surface area contributed by atoms with Crippen LogP contribution in [0.1, 0.15) is 65.8 Å². The molecule has 2 heterocycles. The zero-order chi connectivity index (χ0) is 21.2. The van der Waals surface area contributed by atoms with Crippen molar-refractivity contribution in [3.63, 3.8) is 0 Å². The van der Waals surface area contributed by atoms with Crippen molar-refractivity contribution in [2.24, 2.45) is 5.73 Å². The Balaban J connectivity index is 1.69. The first-order valence-electron chi connectivity index (χ1n) is 10.6. The van der Waals surface area contributed by atoms with E-state index in [4.69, 9.17) is 5.73 Å². The van der Waals surface area contributed by atoms with Crippen LogP contribution in [0, 0.1) is 0 Å². The number of nitrogens with one attached hydrogen (secondary N) is 1. The minimum atomic E-state index is -1.35. The Bertz CT molecular complexity index is 1240. The van der Waals surface area contributed by atoms with E-state index in [0.29, 0.717) is 5.35 Å². The van der Waals surface area contributed by atoms with Gasteiger partial charge in [-0.2, -0.15) is 0 Å². The summed E-state index contributed by atoms with van der Waals surface area (Å²) < 4.78 is 17.0. The van der Waals surface area contributed by atoms with Gasteiger partial charge in [0.25, 0.3) is 5.56 Å². The smallest absolute Gasteiger partial charge is 0.329 e. The molecule has 1 fully saturated rings. The van der Waals surface area contributed by atoms with E-state index in [9.17, 15) is 14.7 Å². The van der Waals surface area contributed by atoms with E-state index >= 15 is 4.39 Å². The van der Waals surface area contributed by atoms with Gasteiger partial charge in [-0.3, -0.25) is 14.3 Å². The summed E-state index contributed by atoms with van der Waals surface area (Å²) in [4.78, 5) is 29.4. The Morgan fingerprint density at radius 2 is 2.13 bits per heavy atom. The number of hydrogen-bond acceptors (Lipinski definition) is 5. The second-order valence-corrected chi connectivity index (χ2v) is 9.89. The maximum atomic E-state index is 15.4. The zero-order valence-electron chi connectivity index (χ0n) is 16.9. The van der Waals surface area contributed by atoms with E-state index in [0.717, 1.165) is 48.1 Å². The van der Waals surface area contributed by atoms with Crippen LogP contribution in [0.4, 0.5) is 4.39 Å². The number of aryl methyl sites for hydroxylation is 1. The molecule has 0 bridgehead atoms. The van der Waals surface area contributed by atoms with Gasteiger partial charge < -0.3 is 10.8 Å². The summed E-state index contributed by atoms with van der Waals surface area (Å²) in [6.07, 6.45) is 3.98. The van der Waals surface area contributed by atoms with Gasteiger partial charge in [0.1, 0.15) is 6.17 Å². The monoisotopic (exact) mass is 431 g/mol. The highest BCUT2D eigenvalue weighted by molar-refractivity contribution is 7.12. The number of halogens is 1. The summed E-state index contributed by atoms with van der Waals surface area (Å²) in [6.45, 7) is 2.04. The molecule has 2 aromatic heterocycles. The van der Waals surface area contributed by atoms with Crippen LogP contribution in [0.2, 0.25) is 0 Å². The first-order chi connectivity index (χ1) is 14.4. The molecule has 0 spiro atoms. The van der Waals surface area contributed by atoms with Crippen LogP contribution in [-0.4, -0.2) is 33.5 Å². The van der Waals surface area contributed by atoms with Gasteiger partial charge in [0, 0.05) is 28.3 Å². The Kier molecular flexibility index (Phi) is 4.83. The van der Waals surface area contributed by atoms with Crippen molar-refractivity contribution in [3.05, 3.63) is 52.8 Å². The number of aliphatic hydroxyl groups excluding tert-OH is 1. The van der Waals surface area contributed by atoms with E-state index in [1.807, 2.05) is 13.0 Å². The summed E-state index contributed by atoms with van der Waals surface area (Å²) in [5.74, 6) is -0.551. The molecule has 4 atom stereocenters. The first kappa shape index (κ1) is 19.9. The van der Waals surface area contributed by atoms with Crippen molar-refractivity contribution in [2.45, 2.75) is 69.2 Å². The van der Waals surface area contributed by atoms with Gasteiger partial charge in [-0.15, -0.1) is 11.3 Å². The second kappa shape index (κ2) is 7.28. The number of fused-ring (bicyclic) bond motifs is 2. The van der Waals surface area contributed by atoms with Gasteiger partial charge in [-0.25, -0.2) is 9.18 Å². The number of aliphatic hydroxyl groups is 1. The standard InChI is InChI=1S/C22H26FN3O3S/c1-10-19(18-8-13-12(16(27)9-24)3-2-4-17(13)30-18)15(23)7-14-20(10)26(11-5-6-11)22(29)25-21(14)28/h7-8,11-12,15-16,19,27H,2-6,9,24H2,1H3,(H,25,28,29). The fourth-order valence-corrected chi connectivity index (χ4v) is 6.62. The third-order valence-electron chi connectivity index (χ3n) is 6.77. The van der Waals surface area contributed by atoms with Crippen molar-refractivity contribution in [2.75, 3.05) is 6.54 Å². The Labute approximate surface area is 176 Å². The Morgan fingerprint density at radius 3 is 2.83 bits per heavy atom. The zero-order valence-corrected chi connectivity index (χ0v) is 17.7. The van der Waals surface area contributed by atoms with Crippen LogP contribution in [0.15, 0.2) is 15.7 Å². The maximum Gasteiger partial charge on any atom is 0.329 e. The largest absolute Gasteiger partial charge is 0.391 e. The van der Waals surface area contributed by atoms with Crippen LogP contribution in [0.25, 0.3) is 11.6 Å². The molecular weight excluding hydrogens is 405 g/mol. The Hall–Kier alpha value is -2.03. The molecule has 0 aliphatic heterocycles. The SMILES string of the molecule is CC1=c2c(c(=O)[nH]c(=O)n2C2CC2)=CC(F)C1c1cc2c(s1)CCCC2C(O)CN. The van der Waals surface area contributed by atoms with Crippen LogP contribution >= 0.6 is 11.3 Å². The molecule has 0 aromatic carbocycles. The van der Waals surface area contributed by atoms with Crippen molar-refractivity contribution in [1.29, 1.82) is 0 Å².